The van der Waals surface area contributed by atoms with Crippen LogP contribution >= 0.6 is 0 Å². The highest BCUT2D eigenvalue weighted by molar-refractivity contribution is 7.89. The molecule has 0 bridgehead atoms. The molecule has 46 heavy (non-hydrogen) atoms. The number of nitrogens with two attached hydrogens (primary N) is 1. The maximum Gasteiger partial charge on any atom is 0.337 e. The zero-order valence-corrected chi connectivity index (χ0v) is 25.1. The Kier molecular flexibility index (Phi) is 8.18. The Labute approximate surface area is 261 Å². The smallest absolute Gasteiger partial charge is 0.337 e. The Hall–Kier alpha value is -4.93. The molecule has 6 rings (SSSR count). The number of sulfonamides is 1. The van der Waals surface area contributed by atoms with Gasteiger partial charge in [0.25, 0.3) is 5.91 Å². The van der Waals surface area contributed by atoms with Crippen LogP contribution in [0.25, 0.3) is 5.69 Å². The molecule has 0 unspecified atom stereocenters. The monoisotopic (exact) mass is 653 g/mol. The molecule has 5 N–H and O–H groups in total. The minimum Gasteiger partial charge on any atom is -0.478 e. The molecule has 0 aliphatic carbocycles. The first-order valence-electron chi connectivity index (χ1n) is 14.3. The van der Waals surface area contributed by atoms with E-state index in [1.54, 1.807) is 10.8 Å². The highest BCUT2D eigenvalue weighted by Crippen LogP contribution is 2.30. The van der Waals surface area contributed by atoms with E-state index in [4.69, 9.17) is 5.73 Å². The van der Waals surface area contributed by atoms with Crippen LogP contribution in [-0.4, -0.2) is 74.9 Å². The number of nitrogens with zero attached hydrogens (tertiary/aromatic N) is 4. The summed E-state index contributed by atoms with van der Waals surface area (Å²) in [5, 5.41) is 19.1. The first-order valence-corrected chi connectivity index (χ1v) is 15.8. The molecule has 0 spiro atoms. The molecule has 2 aliphatic rings. The van der Waals surface area contributed by atoms with Crippen molar-refractivity contribution in [2.75, 3.05) is 25.0 Å². The number of carboxylic acid groups (broad SMARTS) is 1. The van der Waals surface area contributed by atoms with Crippen LogP contribution < -0.4 is 11.1 Å². The van der Waals surface area contributed by atoms with Crippen molar-refractivity contribution in [1.82, 2.24) is 24.0 Å². The van der Waals surface area contributed by atoms with Crippen LogP contribution in [0.2, 0.25) is 0 Å². The van der Waals surface area contributed by atoms with Crippen LogP contribution in [0.4, 0.5) is 14.6 Å². The van der Waals surface area contributed by atoms with Gasteiger partial charge in [-0.05, 0) is 61.8 Å². The quantitative estimate of drug-likeness (QED) is 0.213. The minimum absolute atomic E-state index is 0.00226. The first-order chi connectivity index (χ1) is 21.9. The van der Waals surface area contributed by atoms with Gasteiger partial charge in [0.2, 0.25) is 15.9 Å². The van der Waals surface area contributed by atoms with E-state index < -0.39 is 44.3 Å². The number of fused-ring (bicyclic) bond motifs is 1. The van der Waals surface area contributed by atoms with Crippen molar-refractivity contribution >= 4 is 33.6 Å². The van der Waals surface area contributed by atoms with Gasteiger partial charge in [-0.15, -0.1) is 0 Å². The summed E-state index contributed by atoms with van der Waals surface area (Å²) in [6, 6.07) is 6.43. The third-order valence-electron chi connectivity index (χ3n) is 8.14. The average molecular weight is 654 g/mol. The van der Waals surface area contributed by atoms with Crippen LogP contribution in [0.15, 0.2) is 53.7 Å². The lowest BCUT2D eigenvalue weighted by Crippen LogP contribution is -2.36. The van der Waals surface area contributed by atoms with E-state index in [9.17, 15) is 36.7 Å². The third kappa shape index (κ3) is 6.01. The molecule has 13 nitrogen and oxygen atoms in total. The summed E-state index contributed by atoms with van der Waals surface area (Å²) in [5.74, 6) is -4.84. The van der Waals surface area contributed by atoms with Gasteiger partial charge >= 0.3 is 5.97 Å². The zero-order chi connectivity index (χ0) is 32.7. The summed E-state index contributed by atoms with van der Waals surface area (Å²) in [5.41, 5.74) is 7.60. The number of carbonyl (C=O) groups excluding carboxylic acids is 2. The van der Waals surface area contributed by atoms with Gasteiger partial charge in [0.15, 0.2) is 5.82 Å². The second-order valence-corrected chi connectivity index (χ2v) is 13.1. The normalized spacial score (nSPS) is 15.5. The molecule has 1 fully saturated rings. The molecule has 1 saturated heterocycles. The van der Waals surface area contributed by atoms with E-state index in [1.165, 1.54) is 24.4 Å². The number of carboxylic acids is 1. The number of H-pyrrole nitrogens is 1. The van der Waals surface area contributed by atoms with Crippen LogP contribution in [0, 0.1) is 11.6 Å². The summed E-state index contributed by atoms with van der Waals surface area (Å²) in [6.45, 7) is 1.85. The number of aromatic carboxylic acids is 1. The number of primary amides is 1. The highest BCUT2D eigenvalue weighted by Gasteiger charge is 2.33. The van der Waals surface area contributed by atoms with Crippen molar-refractivity contribution in [1.29, 1.82) is 0 Å². The number of aromatic nitrogens is 3. The van der Waals surface area contributed by atoms with Crippen molar-refractivity contribution in [3.05, 3.63) is 93.9 Å². The molecular formula is C30H29F2N7O6S. The summed E-state index contributed by atoms with van der Waals surface area (Å²) in [6.07, 6.45) is 5.15. The van der Waals surface area contributed by atoms with Crippen molar-refractivity contribution in [3.63, 3.8) is 0 Å². The Morgan fingerprint density at radius 3 is 2.39 bits per heavy atom. The molecule has 240 valence electrons. The molecule has 0 atom stereocenters. The lowest BCUT2D eigenvalue weighted by atomic mass is 9.99. The van der Waals surface area contributed by atoms with E-state index >= 15 is 0 Å². The summed E-state index contributed by atoms with van der Waals surface area (Å²) >= 11 is 0. The summed E-state index contributed by atoms with van der Waals surface area (Å²) in [4.78, 5) is 39.6. The number of nitrogens with one attached hydrogen (secondary N) is 2. The number of halogens is 2. The van der Waals surface area contributed by atoms with Crippen molar-refractivity contribution in [2.24, 2.45) is 5.73 Å². The van der Waals surface area contributed by atoms with Gasteiger partial charge in [-0.25, -0.2) is 22.0 Å². The second kappa shape index (κ2) is 12.1. The number of hydrogen-bond acceptors (Lipinski definition) is 7. The van der Waals surface area contributed by atoms with E-state index in [-0.39, 0.29) is 42.0 Å². The third-order valence-corrected chi connectivity index (χ3v) is 9.97. The second-order valence-electron chi connectivity index (χ2n) is 11.2. The van der Waals surface area contributed by atoms with Gasteiger partial charge in [-0.3, -0.25) is 19.6 Å². The van der Waals surface area contributed by atoms with E-state index in [2.05, 4.69) is 20.4 Å². The Bertz CT molecular complexity index is 1960. The van der Waals surface area contributed by atoms with Crippen LogP contribution in [0.1, 0.15) is 60.7 Å². The Morgan fingerprint density at radius 1 is 1.02 bits per heavy atom. The number of amides is 2. The fourth-order valence-electron chi connectivity index (χ4n) is 5.83. The molecule has 2 amide bonds. The maximum atomic E-state index is 13.8. The van der Waals surface area contributed by atoms with Gasteiger partial charge in [-0.1, -0.05) is 0 Å². The molecule has 16 heteroatoms. The summed E-state index contributed by atoms with van der Waals surface area (Å²) < 4.78 is 56.7. The molecule has 2 aliphatic heterocycles. The van der Waals surface area contributed by atoms with Crippen LogP contribution in [0.5, 0.6) is 0 Å². The van der Waals surface area contributed by atoms with Crippen LogP contribution in [-0.2, 0) is 29.5 Å². The molecule has 4 aromatic rings. The number of hydrogen-bond donors (Lipinski definition) is 4. The molecular weight excluding hydrogens is 624 g/mol. The van der Waals surface area contributed by atoms with E-state index in [1.807, 2.05) is 0 Å². The topological polar surface area (TPSA) is 184 Å². The van der Waals surface area contributed by atoms with Crippen molar-refractivity contribution < 1.29 is 36.7 Å². The predicted molar refractivity (Wildman–Crippen MR) is 160 cm³/mol. The molecule has 2 aromatic carbocycles. The first kappa shape index (κ1) is 31.1. The van der Waals surface area contributed by atoms with Gasteiger partial charge < -0.3 is 20.7 Å². The predicted octanol–water partition coefficient (Wildman–Crippen LogP) is 2.87. The number of carbonyl (C=O) groups is 3. The lowest BCUT2D eigenvalue weighted by molar-refractivity contribution is 0.0696. The Balaban J connectivity index is 1.33. The summed E-state index contributed by atoms with van der Waals surface area (Å²) in [7, 11) is -4.31. The SMILES string of the molecule is NC(=O)c1cc(CN2CCCC2)c(-n2ccc(C(=O)O)c2)cc1C(=O)Nc1n[nH]c2c1CN(S(=O)(=O)c1cc(F)cc(F)c1)CC2. The van der Waals surface area contributed by atoms with Gasteiger partial charge in [0.1, 0.15) is 11.6 Å². The largest absolute Gasteiger partial charge is 0.478 e. The zero-order valence-electron chi connectivity index (χ0n) is 24.3. The van der Waals surface area contributed by atoms with Gasteiger partial charge in [-0.2, -0.15) is 9.40 Å². The molecule has 0 radical (unpaired) electrons. The fraction of sp³-hybridized carbons (Fsp3) is 0.267. The number of aromatic amines is 1. The number of rotatable bonds is 9. The van der Waals surface area contributed by atoms with E-state index in [0.717, 1.165) is 42.4 Å². The maximum absolute atomic E-state index is 13.8. The van der Waals surface area contributed by atoms with Crippen molar-refractivity contribution in [2.45, 2.75) is 37.2 Å². The molecule has 4 heterocycles. The minimum atomic E-state index is -4.31. The van der Waals surface area contributed by atoms with Gasteiger partial charge in [0, 0.05) is 55.8 Å². The standard InChI is InChI=1S/C30H29F2N7O6S/c31-19-10-20(32)12-21(11-19)46(44,45)39-8-4-25-24(16-39)28(36-35-25)34-29(41)23-13-26(38-7-3-17(15-38)30(42)43)18(9-22(23)27(33)40)14-37-5-1-2-6-37/h3,7,9-13,15H,1-2,4-6,8,14,16H2,(H2,33,40)(H,42,43)(H2,34,35,36,41). The fourth-order valence-corrected chi connectivity index (χ4v) is 7.28. The van der Waals surface area contributed by atoms with Gasteiger partial charge in [0.05, 0.1) is 27.3 Å². The van der Waals surface area contributed by atoms with Crippen LogP contribution in [0.3, 0.4) is 0 Å². The number of anilines is 1. The Morgan fingerprint density at radius 2 is 1.74 bits per heavy atom. The number of likely N-dealkylation sites (tertiary alicyclic amines) is 1. The lowest BCUT2D eigenvalue weighted by Gasteiger charge is -2.26. The number of benzene rings is 2. The van der Waals surface area contributed by atoms with Crippen molar-refractivity contribution in [3.8, 4) is 5.69 Å². The average Bonchev–Trinajstić information content (AvgIpc) is 3.78. The molecule has 0 saturated carbocycles. The van der Waals surface area contributed by atoms with E-state index in [0.29, 0.717) is 35.1 Å². The molecule has 2 aromatic heterocycles. The highest BCUT2D eigenvalue weighted by atomic mass is 32.2.